The molecule has 134 valence electrons. The summed E-state index contributed by atoms with van der Waals surface area (Å²) in [4.78, 5) is 36.3. The van der Waals surface area contributed by atoms with Gasteiger partial charge < -0.3 is 15.3 Å². The lowest BCUT2D eigenvalue weighted by atomic mass is 10.1. The van der Waals surface area contributed by atoms with Crippen molar-refractivity contribution in [2.75, 3.05) is 18.8 Å². The highest BCUT2D eigenvalue weighted by Crippen LogP contribution is 2.27. The van der Waals surface area contributed by atoms with Crippen LogP contribution >= 0.6 is 11.8 Å². The summed E-state index contributed by atoms with van der Waals surface area (Å²) in [5.74, 6) is -0.757. The molecule has 0 saturated heterocycles. The molecule has 2 N–H and O–H groups in total. The van der Waals surface area contributed by atoms with E-state index in [2.05, 4.69) is 5.32 Å². The molecule has 0 fully saturated rings. The molecular formula is C18H22N2O4S. The molecule has 1 aliphatic rings. The Labute approximate surface area is 151 Å². The molecule has 1 aromatic carbocycles. The highest BCUT2D eigenvalue weighted by molar-refractivity contribution is 8.03. The second kappa shape index (κ2) is 9.88. The van der Waals surface area contributed by atoms with Crippen molar-refractivity contribution in [2.24, 2.45) is 0 Å². The van der Waals surface area contributed by atoms with Gasteiger partial charge in [-0.1, -0.05) is 36.8 Å². The molecule has 0 spiro atoms. The number of thioether (sulfide) groups is 1. The fraction of sp³-hybridized carbons (Fsp3) is 0.389. The topological polar surface area (TPSA) is 86.7 Å². The standard InChI is InChI=1S/C18H22N2O4S/c21-16(19-10-6-2-5-9-18(23)24)11-20-15(12-25-13-17(20)22)14-7-3-1-4-8-14/h1,3-4,7-8,12H,2,5-6,9-11,13H2,(H,19,21)(H,23,24). The van der Waals surface area contributed by atoms with Crippen molar-refractivity contribution in [1.29, 1.82) is 0 Å². The Kier molecular flexibility index (Phi) is 7.53. The first-order valence-electron chi connectivity index (χ1n) is 8.24. The molecule has 1 heterocycles. The number of unbranched alkanes of at least 4 members (excludes halogenated alkanes) is 2. The van der Waals surface area contributed by atoms with Crippen LogP contribution in [0.3, 0.4) is 0 Å². The Balaban J connectivity index is 1.83. The van der Waals surface area contributed by atoms with E-state index in [9.17, 15) is 14.4 Å². The largest absolute Gasteiger partial charge is 0.481 e. The first kappa shape index (κ1) is 19.1. The maximum absolute atomic E-state index is 12.2. The quantitative estimate of drug-likeness (QED) is 0.659. The number of carbonyl (C=O) groups excluding carboxylic acids is 2. The fourth-order valence-electron chi connectivity index (χ4n) is 2.48. The van der Waals surface area contributed by atoms with Gasteiger partial charge in [0.05, 0.1) is 11.4 Å². The lowest BCUT2D eigenvalue weighted by Crippen LogP contribution is -2.41. The number of nitrogens with one attached hydrogen (secondary N) is 1. The van der Waals surface area contributed by atoms with Crippen molar-refractivity contribution < 1.29 is 19.5 Å². The molecule has 0 saturated carbocycles. The van der Waals surface area contributed by atoms with Crippen LogP contribution in [0.25, 0.3) is 5.70 Å². The maximum Gasteiger partial charge on any atom is 0.303 e. The van der Waals surface area contributed by atoms with Gasteiger partial charge >= 0.3 is 5.97 Å². The van der Waals surface area contributed by atoms with Gasteiger partial charge in [0.1, 0.15) is 6.54 Å². The van der Waals surface area contributed by atoms with Gasteiger partial charge in [-0.25, -0.2) is 0 Å². The Hall–Kier alpha value is -2.28. The number of benzene rings is 1. The van der Waals surface area contributed by atoms with Gasteiger partial charge in [0.2, 0.25) is 11.8 Å². The van der Waals surface area contributed by atoms with Crippen LogP contribution in [0, 0.1) is 0 Å². The van der Waals surface area contributed by atoms with Crippen molar-refractivity contribution in [3.63, 3.8) is 0 Å². The molecule has 0 unspecified atom stereocenters. The Morgan fingerprint density at radius 1 is 1.16 bits per heavy atom. The Morgan fingerprint density at radius 3 is 2.64 bits per heavy atom. The van der Waals surface area contributed by atoms with E-state index in [4.69, 9.17) is 5.11 Å². The second-order valence-corrected chi connectivity index (χ2v) is 6.57. The summed E-state index contributed by atoms with van der Waals surface area (Å²) in [5, 5.41) is 13.3. The molecule has 0 radical (unpaired) electrons. The third-order valence-corrected chi connectivity index (χ3v) is 4.56. The molecule has 0 atom stereocenters. The fourth-order valence-corrected chi connectivity index (χ4v) is 3.28. The molecule has 25 heavy (non-hydrogen) atoms. The summed E-state index contributed by atoms with van der Waals surface area (Å²) in [6.45, 7) is 0.481. The molecular weight excluding hydrogens is 340 g/mol. The van der Waals surface area contributed by atoms with E-state index in [0.717, 1.165) is 24.1 Å². The van der Waals surface area contributed by atoms with Crippen LogP contribution in [0.4, 0.5) is 0 Å². The number of carboxylic acid groups (broad SMARTS) is 1. The summed E-state index contributed by atoms with van der Waals surface area (Å²) in [6, 6.07) is 9.53. The third-order valence-electron chi connectivity index (χ3n) is 3.75. The van der Waals surface area contributed by atoms with Crippen molar-refractivity contribution >= 4 is 35.2 Å². The van der Waals surface area contributed by atoms with Crippen LogP contribution in [-0.2, 0) is 14.4 Å². The van der Waals surface area contributed by atoms with Crippen LogP contribution in [0.5, 0.6) is 0 Å². The van der Waals surface area contributed by atoms with E-state index in [1.165, 1.54) is 16.7 Å². The minimum Gasteiger partial charge on any atom is -0.481 e. The van der Waals surface area contributed by atoms with Crippen molar-refractivity contribution in [1.82, 2.24) is 10.2 Å². The predicted molar refractivity (Wildman–Crippen MR) is 97.7 cm³/mol. The summed E-state index contributed by atoms with van der Waals surface area (Å²) >= 11 is 1.43. The average Bonchev–Trinajstić information content (AvgIpc) is 2.60. The molecule has 1 aliphatic heterocycles. The van der Waals surface area contributed by atoms with Gasteiger partial charge in [-0.3, -0.25) is 14.4 Å². The van der Waals surface area contributed by atoms with E-state index >= 15 is 0 Å². The number of carbonyl (C=O) groups is 3. The predicted octanol–water partition coefficient (Wildman–Crippen LogP) is 2.32. The normalized spacial score (nSPS) is 14.2. The van der Waals surface area contributed by atoms with Crippen molar-refractivity contribution in [3.8, 4) is 0 Å². The molecule has 2 rings (SSSR count). The average molecular weight is 362 g/mol. The molecule has 7 heteroatoms. The van der Waals surface area contributed by atoms with E-state index < -0.39 is 5.97 Å². The Morgan fingerprint density at radius 2 is 1.92 bits per heavy atom. The lowest BCUT2D eigenvalue weighted by molar-refractivity contribution is -0.137. The van der Waals surface area contributed by atoms with Gasteiger partial charge in [-0.05, 0) is 23.8 Å². The van der Waals surface area contributed by atoms with Gasteiger partial charge in [0.15, 0.2) is 0 Å². The smallest absolute Gasteiger partial charge is 0.303 e. The van der Waals surface area contributed by atoms with Gasteiger partial charge in [0.25, 0.3) is 0 Å². The molecule has 0 aliphatic carbocycles. The molecule has 6 nitrogen and oxygen atoms in total. The SMILES string of the molecule is O=C(O)CCCCCNC(=O)CN1C(=O)CSC=C1c1ccccc1. The van der Waals surface area contributed by atoms with Crippen LogP contribution < -0.4 is 5.32 Å². The Bertz CT molecular complexity index is 646. The number of hydrogen-bond donors (Lipinski definition) is 2. The van der Waals surface area contributed by atoms with Crippen LogP contribution in [-0.4, -0.2) is 46.6 Å². The van der Waals surface area contributed by atoms with E-state index in [-0.39, 0.29) is 24.8 Å². The highest BCUT2D eigenvalue weighted by Gasteiger charge is 2.25. The van der Waals surface area contributed by atoms with Crippen molar-refractivity contribution in [2.45, 2.75) is 25.7 Å². The maximum atomic E-state index is 12.2. The van der Waals surface area contributed by atoms with Crippen LogP contribution in [0.15, 0.2) is 35.7 Å². The summed E-state index contributed by atoms with van der Waals surface area (Å²) in [6.07, 6.45) is 2.23. The van der Waals surface area contributed by atoms with Crippen molar-refractivity contribution in [3.05, 3.63) is 41.3 Å². The van der Waals surface area contributed by atoms with Crippen LogP contribution in [0.1, 0.15) is 31.2 Å². The zero-order valence-corrected chi connectivity index (χ0v) is 14.8. The first-order valence-corrected chi connectivity index (χ1v) is 9.29. The zero-order chi connectivity index (χ0) is 18.1. The number of rotatable bonds is 9. The van der Waals surface area contributed by atoms with Crippen LogP contribution in [0.2, 0.25) is 0 Å². The summed E-state index contributed by atoms with van der Waals surface area (Å²) in [5.41, 5.74) is 1.66. The van der Waals surface area contributed by atoms with Gasteiger partial charge in [0, 0.05) is 13.0 Å². The first-order chi connectivity index (χ1) is 12.1. The summed E-state index contributed by atoms with van der Waals surface area (Å²) < 4.78 is 0. The monoisotopic (exact) mass is 362 g/mol. The molecule has 1 aromatic rings. The second-order valence-electron chi connectivity index (χ2n) is 5.71. The third kappa shape index (κ3) is 6.26. The number of hydrogen-bond acceptors (Lipinski definition) is 4. The minimum absolute atomic E-state index is 0.00472. The van der Waals surface area contributed by atoms with E-state index in [0.29, 0.717) is 18.7 Å². The minimum atomic E-state index is -0.800. The van der Waals surface area contributed by atoms with Gasteiger partial charge in [-0.2, -0.15) is 0 Å². The van der Waals surface area contributed by atoms with E-state index in [1.807, 2.05) is 35.7 Å². The molecule has 2 amide bonds. The number of nitrogens with zero attached hydrogens (tertiary/aromatic N) is 1. The molecule has 0 aromatic heterocycles. The number of amides is 2. The number of carboxylic acids is 1. The lowest BCUT2D eigenvalue weighted by Gasteiger charge is -2.28. The van der Waals surface area contributed by atoms with Gasteiger partial charge in [-0.15, -0.1) is 11.8 Å². The zero-order valence-electron chi connectivity index (χ0n) is 13.9. The van der Waals surface area contributed by atoms with E-state index in [1.54, 1.807) is 0 Å². The number of aliphatic carboxylic acids is 1. The highest BCUT2D eigenvalue weighted by atomic mass is 32.2. The summed E-state index contributed by atoms with van der Waals surface area (Å²) in [7, 11) is 0. The molecule has 0 bridgehead atoms.